The number of nitrogens with one attached hydrogen (secondary N) is 2. The van der Waals surface area contributed by atoms with E-state index in [9.17, 15) is 24.0 Å². The second kappa shape index (κ2) is 30.5. The van der Waals surface area contributed by atoms with Crippen molar-refractivity contribution in [2.24, 2.45) is 0 Å². The molecule has 2 N–H and O–H groups in total. The van der Waals surface area contributed by atoms with Gasteiger partial charge < -0.3 is 19.0 Å². The first-order valence-electron chi connectivity index (χ1n) is 9.47. The van der Waals surface area contributed by atoms with Gasteiger partial charge in [0.15, 0.2) is 0 Å². The lowest BCUT2D eigenvalue weighted by Crippen LogP contribution is -2.34. The highest BCUT2D eigenvalue weighted by Gasteiger charge is 2.32. The molecule has 0 aromatic heterocycles. The fraction of sp³-hybridized carbons (Fsp3) is 0.609. The molecule has 0 aromatic rings. The Bertz CT molecular complexity index is 593. The minimum Gasteiger partial charge on any atom is -0.445 e. The molecule has 0 bridgehead atoms. The maximum absolute atomic E-state index is 11.7. The quantitative estimate of drug-likeness (QED) is 0.161. The number of hydrogen-bond acceptors (Lipinski definition) is 11. The highest BCUT2D eigenvalue weighted by Crippen LogP contribution is 2.13. The van der Waals surface area contributed by atoms with E-state index in [-0.39, 0.29) is 75.2 Å². The van der Waals surface area contributed by atoms with E-state index in [2.05, 4.69) is 36.0 Å². The zero-order chi connectivity index (χ0) is 25.6. The van der Waals surface area contributed by atoms with E-state index in [1.54, 1.807) is 0 Å². The number of amides is 4. The van der Waals surface area contributed by atoms with Crippen molar-refractivity contribution in [1.29, 1.82) is 0 Å². The largest absolute Gasteiger partial charge is 0.445 e. The summed E-state index contributed by atoms with van der Waals surface area (Å²) in [7, 11) is 2.44. The van der Waals surface area contributed by atoms with Crippen LogP contribution in [0.2, 0.25) is 0 Å². The molecule has 1 heterocycles. The highest BCUT2D eigenvalue weighted by atomic mass is 16.7. The molecule has 0 aromatic carbocycles. The van der Waals surface area contributed by atoms with Crippen LogP contribution in [0.25, 0.3) is 0 Å². The van der Waals surface area contributed by atoms with Crippen LogP contribution < -0.4 is 11.0 Å². The molecule has 1 rings (SSSR count). The van der Waals surface area contributed by atoms with Crippen LogP contribution in [0.4, 0.5) is 9.59 Å². The van der Waals surface area contributed by atoms with Gasteiger partial charge >= 0.3 is 18.2 Å². The standard InChI is InChI=1S/C15H23N3O11.2C2H4.4CH4/c1-24-16-14(22)27-8-10(9-28-15(23)17-25-2)26-7-3-4-13(21)29-18-11(19)5-6-12(18)20;2*1-2;;;;/h10H,3-9H2,1-2H3,(H,16,22)(H,17,23);2*1-2H2;4*1H4. The Morgan fingerprint density at radius 2 is 1.24 bits per heavy atom. The minimum atomic E-state index is -0.883. The van der Waals surface area contributed by atoms with Crippen molar-refractivity contribution >= 4 is 30.0 Å². The molecule has 0 unspecified atom stereocenters. The minimum absolute atomic E-state index is 0. The van der Waals surface area contributed by atoms with Crippen LogP contribution in [0.5, 0.6) is 0 Å². The Kier molecular flexibility index (Phi) is 38.6. The summed E-state index contributed by atoms with van der Waals surface area (Å²) in [5.74, 6) is -1.92. The van der Waals surface area contributed by atoms with Crippen LogP contribution in [-0.2, 0) is 43.1 Å². The Balaban J connectivity index is -0.000000285. The van der Waals surface area contributed by atoms with Gasteiger partial charge in [-0.05, 0) is 6.42 Å². The zero-order valence-electron chi connectivity index (χ0n) is 18.8. The van der Waals surface area contributed by atoms with E-state index in [0.717, 1.165) is 0 Å². The van der Waals surface area contributed by atoms with Gasteiger partial charge in [-0.3, -0.25) is 19.3 Å². The molecule has 1 aliphatic heterocycles. The Hall–Kier alpha value is -3.49. The molecule has 0 saturated carbocycles. The van der Waals surface area contributed by atoms with E-state index in [4.69, 9.17) is 19.0 Å². The van der Waals surface area contributed by atoms with Crippen molar-refractivity contribution in [2.45, 2.75) is 61.5 Å². The first kappa shape index (κ1) is 46.8. The first-order chi connectivity index (χ1) is 15.9. The summed E-state index contributed by atoms with van der Waals surface area (Å²) in [4.78, 5) is 70.4. The third-order valence-electron chi connectivity index (χ3n) is 3.25. The van der Waals surface area contributed by atoms with E-state index in [1.165, 1.54) is 14.2 Å². The molecule has 1 aliphatic rings. The maximum atomic E-state index is 11.7. The summed E-state index contributed by atoms with van der Waals surface area (Å²) in [5, 5.41) is 0.455. The molecule has 0 radical (unpaired) electrons. The number of hydroxylamine groups is 4. The summed E-state index contributed by atoms with van der Waals surface area (Å²) in [5.41, 5.74) is 3.86. The third kappa shape index (κ3) is 22.7. The topological polar surface area (TPSA) is 168 Å². The number of nitrogens with zero attached hydrogens (tertiary/aromatic N) is 1. The Labute approximate surface area is 221 Å². The van der Waals surface area contributed by atoms with Gasteiger partial charge in [0.05, 0.1) is 20.6 Å². The van der Waals surface area contributed by atoms with Gasteiger partial charge in [0.25, 0.3) is 11.8 Å². The van der Waals surface area contributed by atoms with Gasteiger partial charge in [-0.1, -0.05) is 29.7 Å². The van der Waals surface area contributed by atoms with E-state index >= 15 is 0 Å². The molecule has 14 nitrogen and oxygen atoms in total. The van der Waals surface area contributed by atoms with Crippen LogP contribution in [0.1, 0.15) is 55.4 Å². The fourth-order valence-electron chi connectivity index (χ4n) is 1.98. The molecule has 14 heteroatoms. The lowest BCUT2D eigenvalue weighted by molar-refractivity contribution is -0.197. The zero-order valence-corrected chi connectivity index (χ0v) is 18.8. The van der Waals surface area contributed by atoms with Gasteiger partial charge in [0.2, 0.25) is 0 Å². The van der Waals surface area contributed by atoms with Crippen LogP contribution in [-0.4, -0.2) is 75.2 Å². The number of ether oxygens (including phenoxy) is 3. The van der Waals surface area contributed by atoms with Crippen molar-refractivity contribution in [1.82, 2.24) is 16.0 Å². The molecule has 0 aliphatic carbocycles. The smallest absolute Gasteiger partial charge is 0.431 e. The second-order valence-corrected chi connectivity index (χ2v) is 5.45. The van der Waals surface area contributed by atoms with E-state index in [0.29, 0.717) is 5.06 Å². The molecule has 0 spiro atoms. The summed E-state index contributed by atoms with van der Waals surface area (Å²) in [6.45, 7) is 11.4. The summed E-state index contributed by atoms with van der Waals surface area (Å²) >= 11 is 0. The number of carbonyl (C=O) groups is 5. The van der Waals surface area contributed by atoms with Gasteiger partial charge in [-0.2, -0.15) is 11.0 Å². The van der Waals surface area contributed by atoms with Crippen LogP contribution >= 0.6 is 0 Å². The van der Waals surface area contributed by atoms with E-state index < -0.39 is 36.1 Å². The average Bonchev–Trinajstić information content (AvgIpc) is 3.13. The van der Waals surface area contributed by atoms with Crippen LogP contribution in [0.3, 0.4) is 0 Å². The number of rotatable bonds is 12. The molecule has 220 valence electrons. The van der Waals surface area contributed by atoms with Gasteiger partial charge in [-0.15, -0.1) is 31.4 Å². The number of carbonyl (C=O) groups excluding carboxylic acids is 5. The number of imide groups is 1. The van der Waals surface area contributed by atoms with Crippen LogP contribution in [0.15, 0.2) is 26.3 Å². The summed E-state index contributed by atoms with van der Waals surface area (Å²) in [6, 6.07) is 0. The lowest BCUT2D eigenvalue weighted by atomic mass is 10.3. The van der Waals surface area contributed by atoms with Crippen molar-refractivity contribution < 1.29 is 52.7 Å². The molecular weight excluding hydrogens is 494 g/mol. The van der Waals surface area contributed by atoms with Crippen LogP contribution in [0, 0.1) is 0 Å². The second-order valence-electron chi connectivity index (χ2n) is 5.45. The molecule has 1 saturated heterocycles. The summed E-state index contributed by atoms with van der Waals surface area (Å²) < 4.78 is 15.0. The van der Waals surface area contributed by atoms with Crippen molar-refractivity contribution in [2.75, 3.05) is 34.0 Å². The summed E-state index contributed by atoms with van der Waals surface area (Å²) in [6.07, 6.45) is -2.58. The molecule has 4 amide bonds. The Morgan fingerprint density at radius 3 is 1.62 bits per heavy atom. The predicted molar refractivity (Wildman–Crippen MR) is 139 cm³/mol. The predicted octanol–water partition coefficient (Wildman–Crippen LogP) is 3.48. The van der Waals surface area contributed by atoms with Gasteiger partial charge in [0.1, 0.15) is 19.3 Å². The molecule has 37 heavy (non-hydrogen) atoms. The number of hydrogen-bond donors (Lipinski definition) is 2. The lowest BCUT2D eigenvalue weighted by Gasteiger charge is -2.18. The highest BCUT2D eigenvalue weighted by molar-refractivity contribution is 6.01. The van der Waals surface area contributed by atoms with E-state index in [1.807, 2.05) is 11.0 Å². The first-order valence-corrected chi connectivity index (χ1v) is 9.47. The monoisotopic (exact) mass is 541 g/mol. The van der Waals surface area contributed by atoms with Gasteiger partial charge in [0, 0.05) is 19.4 Å². The van der Waals surface area contributed by atoms with Crippen molar-refractivity contribution in [3.63, 3.8) is 0 Å². The molecule has 1 fully saturated rings. The molecule has 0 atom stereocenters. The van der Waals surface area contributed by atoms with Crippen molar-refractivity contribution in [3.05, 3.63) is 26.3 Å². The normalized spacial score (nSPS) is 10.7. The maximum Gasteiger partial charge on any atom is 0.431 e. The van der Waals surface area contributed by atoms with Crippen molar-refractivity contribution in [3.8, 4) is 0 Å². The Morgan fingerprint density at radius 1 is 0.838 bits per heavy atom. The SMILES string of the molecule is C.C.C.C.C=C.C=C.CONC(=O)OCC(COC(=O)NOC)OCCCC(=O)ON1C(=O)CCC1=O. The average molecular weight is 542 g/mol. The fourth-order valence-corrected chi connectivity index (χ4v) is 1.98. The van der Waals surface area contributed by atoms with Gasteiger partial charge in [-0.25, -0.2) is 14.4 Å². The molecular formula is C23H47N3O11. The third-order valence-corrected chi connectivity index (χ3v) is 3.25.